The summed E-state index contributed by atoms with van der Waals surface area (Å²) in [6, 6.07) is 3.85. The third kappa shape index (κ3) is 3.23. The molecule has 0 bridgehead atoms. The number of aliphatic hydroxyl groups excluding tert-OH is 1. The van der Waals surface area contributed by atoms with Gasteiger partial charge in [-0.3, -0.25) is 4.90 Å². The second kappa shape index (κ2) is 6.43. The summed E-state index contributed by atoms with van der Waals surface area (Å²) in [6.45, 7) is 1.23. The monoisotopic (exact) mass is 344 g/mol. The molecule has 3 N–H and O–H groups in total. The van der Waals surface area contributed by atoms with Crippen LogP contribution in [0.4, 0.5) is 10.5 Å². The molecule has 0 aromatic heterocycles. The molecule has 1 aromatic rings. The van der Waals surface area contributed by atoms with E-state index < -0.39 is 6.09 Å². The van der Waals surface area contributed by atoms with E-state index in [-0.39, 0.29) is 12.7 Å². The number of carbonyl (C=O) groups is 1. The zero-order chi connectivity index (χ0) is 14.7. The van der Waals surface area contributed by atoms with Gasteiger partial charge >= 0.3 is 6.09 Å². The van der Waals surface area contributed by atoms with Crippen LogP contribution in [0.1, 0.15) is 11.1 Å². The van der Waals surface area contributed by atoms with Crippen LogP contribution in [-0.2, 0) is 17.8 Å². The molecule has 6 nitrogen and oxygen atoms in total. The Morgan fingerprint density at radius 3 is 2.90 bits per heavy atom. The number of hydrogen-bond donors (Lipinski definition) is 3. The van der Waals surface area contributed by atoms with Crippen LogP contribution in [0.3, 0.4) is 0 Å². The van der Waals surface area contributed by atoms with Crippen LogP contribution in [0.2, 0.25) is 0 Å². The molecule has 20 heavy (non-hydrogen) atoms. The number of nitrogens with zero attached hydrogens (tertiary/aromatic N) is 1. The molecule has 1 aromatic carbocycles. The molecule has 1 aliphatic rings. The lowest BCUT2D eigenvalue weighted by Crippen LogP contribution is -2.25. The fraction of sp³-hybridized carbons (Fsp3) is 0.462. The number of carboxylic acid groups (broad SMARTS) is 1. The largest absolute Gasteiger partial charge is 0.465 e. The van der Waals surface area contributed by atoms with E-state index in [0.717, 1.165) is 21.3 Å². The van der Waals surface area contributed by atoms with E-state index in [9.17, 15) is 4.79 Å². The minimum absolute atomic E-state index is 0.0532. The van der Waals surface area contributed by atoms with Gasteiger partial charge in [-0.2, -0.15) is 0 Å². The summed E-state index contributed by atoms with van der Waals surface area (Å²) in [5.41, 5.74) is 2.86. The van der Waals surface area contributed by atoms with Crippen LogP contribution in [0.15, 0.2) is 16.6 Å². The average Bonchev–Trinajstić information content (AvgIpc) is 2.84. The zero-order valence-corrected chi connectivity index (χ0v) is 12.7. The number of methoxy groups -OCH3 is 1. The number of ether oxygens (including phenoxy) is 1. The molecule has 0 saturated heterocycles. The highest BCUT2D eigenvalue weighted by atomic mass is 79.9. The van der Waals surface area contributed by atoms with Crippen LogP contribution in [0.25, 0.3) is 0 Å². The topological polar surface area (TPSA) is 82.0 Å². The van der Waals surface area contributed by atoms with E-state index in [4.69, 9.17) is 14.9 Å². The molecular formula is C13H17BrN2O4. The Morgan fingerprint density at radius 2 is 2.30 bits per heavy atom. The summed E-state index contributed by atoms with van der Waals surface area (Å²) < 4.78 is 5.97. The van der Waals surface area contributed by atoms with E-state index in [2.05, 4.69) is 21.2 Å². The van der Waals surface area contributed by atoms with Crippen molar-refractivity contribution in [2.45, 2.75) is 19.2 Å². The number of anilines is 1. The summed E-state index contributed by atoms with van der Waals surface area (Å²) in [5, 5.41) is 21.3. The van der Waals surface area contributed by atoms with Crippen molar-refractivity contribution in [3.05, 3.63) is 27.7 Å². The second-order valence-electron chi connectivity index (χ2n) is 4.66. The zero-order valence-electron chi connectivity index (χ0n) is 11.1. The van der Waals surface area contributed by atoms with E-state index in [1.54, 1.807) is 7.11 Å². The molecule has 2 rings (SSSR count). The fourth-order valence-electron chi connectivity index (χ4n) is 2.16. The number of amides is 1. The first-order chi connectivity index (χ1) is 9.55. The van der Waals surface area contributed by atoms with E-state index in [0.29, 0.717) is 19.6 Å². The Kier molecular flexibility index (Phi) is 4.85. The highest BCUT2D eigenvalue weighted by Gasteiger charge is 2.25. The third-order valence-electron chi connectivity index (χ3n) is 3.34. The smallest absolute Gasteiger partial charge is 0.407 e. The minimum atomic E-state index is -0.915. The maximum atomic E-state index is 11.0. The number of benzene rings is 1. The Labute approximate surface area is 125 Å². The van der Waals surface area contributed by atoms with Gasteiger partial charge < -0.3 is 20.3 Å². The number of halogens is 1. The highest BCUT2D eigenvalue weighted by molar-refractivity contribution is 9.10. The van der Waals surface area contributed by atoms with Gasteiger partial charge in [-0.05, 0) is 23.3 Å². The lowest BCUT2D eigenvalue weighted by Gasteiger charge is -2.15. The van der Waals surface area contributed by atoms with E-state index in [1.807, 2.05) is 12.1 Å². The van der Waals surface area contributed by atoms with Gasteiger partial charge in [0.2, 0.25) is 0 Å². The van der Waals surface area contributed by atoms with Crippen molar-refractivity contribution in [3.8, 4) is 0 Å². The van der Waals surface area contributed by atoms with Crippen molar-refractivity contribution >= 4 is 27.7 Å². The SMILES string of the molecule is COC(CO)CNc1cc(Br)c2c(c1)CN(C(=O)O)C2. The number of rotatable bonds is 5. The molecule has 1 heterocycles. The predicted octanol–water partition coefficient (Wildman–Crippen LogP) is 1.86. The van der Waals surface area contributed by atoms with Gasteiger partial charge in [0, 0.05) is 30.4 Å². The number of fused-ring (bicyclic) bond motifs is 1. The Hall–Kier alpha value is -1.31. The quantitative estimate of drug-likeness (QED) is 0.759. The van der Waals surface area contributed by atoms with Crippen LogP contribution >= 0.6 is 15.9 Å². The van der Waals surface area contributed by atoms with Crippen molar-refractivity contribution in [3.63, 3.8) is 0 Å². The number of nitrogens with one attached hydrogen (secondary N) is 1. The lowest BCUT2D eigenvalue weighted by molar-refractivity contribution is 0.0581. The summed E-state index contributed by atoms with van der Waals surface area (Å²) in [5.74, 6) is 0. The minimum Gasteiger partial charge on any atom is -0.465 e. The summed E-state index contributed by atoms with van der Waals surface area (Å²) in [7, 11) is 1.55. The lowest BCUT2D eigenvalue weighted by atomic mass is 10.1. The normalized spacial score (nSPS) is 15.1. The van der Waals surface area contributed by atoms with Crippen molar-refractivity contribution in [2.24, 2.45) is 0 Å². The van der Waals surface area contributed by atoms with Crippen LogP contribution in [0.5, 0.6) is 0 Å². The maximum Gasteiger partial charge on any atom is 0.407 e. The molecule has 1 unspecified atom stereocenters. The molecule has 0 saturated carbocycles. The van der Waals surface area contributed by atoms with E-state index in [1.165, 1.54) is 4.90 Å². The van der Waals surface area contributed by atoms with Gasteiger partial charge in [-0.25, -0.2) is 4.79 Å². The number of hydrogen-bond acceptors (Lipinski definition) is 4. The summed E-state index contributed by atoms with van der Waals surface area (Å²) >= 11 is 3.48. The van der Waals surface area contributed by atoms with Gasteiger partial charge in [0.05, 0.1) is 19.3 Å². The number of aliphatic hydroxyl groups is 1. The summed E-state index contributed by atoms with van der Waals surface area (Å²) in [4.78, 5) is 12.4. The van der Waals surface area contributed by atoms with E-state index >= 15 is 0 Å². The maximum absolute atomic E-state index is 11.0. The van der Waals surface area contributed by atoms with Gasteiger partial charge in [0.15, 0.2) is 0 Å². The molecule has 0 spiro atoms. The predicted molar refractivity (Wildman–Crippen MR) is 77.8 cm³/mol. The molecule has 0 radical (unpaired) electrons. The molecule has 1 atom stereocenters. The summed E-state index contributed by atoms with van der Waals surface area (Å²) in [6.07, 6.45) is -1.18. The molecule has 1 amide bonds. The molecule has 1 aliphatic heterocycles. The van der Waals surface area contributed by atoms with Crippen molar-refractivity contribution in [1.82, 2.24) is 4.90 Å². The van der Waals surface area contributed by atoms with Crippen molar-refractivity contribution in [1.29, 1.82) is 0 Å². The first kappa shape index (κ1) is 15.1. The molecular weight excluding hydrogens is 328 g/mol. The fourth-order valence-corrected chi connectivity index (χ4v) is 2.78. The van der Waals surface area contributed by atoms with Crippen LogP contribution in [0, 0.1) is 0 Å². The van der Waals surface area contributed by atoms with Crippen molar-refractivity contribution < 1.29 is 19.7 Å². The first-order valence-corrected chi connectivity index (χ1v) is 7.01. The van der Waals surface area contributed by atoms with Gasteiger partial charge in [0.25, 0.3) is 0 Å². The van der Waals surface area contributed by atoms with Crippen LogP contribution < -0.4 is 5.32 Å². The first-order valence-electron chi connectivity index (χ1n) is 6.21. The molecule has 7 heteroatoms. The molecule has 0 aliphatic carbocycles. The van der Waals surface area contributed by atoms with Gasteiger partial charge in [0.1, 0.15) is 0 Å². The Balaban J connectivity index is 2.10. The standard InChI is InChI=1S/C13H17BrN2O4/c1-20-10(7-17)4-15-9-2-8-5-16(13(18)19)6-11(8)12(14)3-9/h2-3,10,15,17H,4-7H2,1H3,(H,18,19). The molecule has 0 fully saturated rings. The average molecular weight is 345 g/mol. The van der Waals surface area contributed by atoms with Gasteiger partial charge in [-0.1, -0.05) is 15.9 Å². The van der Waals surface area contributed by atoms with Crippen LogP contribution in [-0.4, -0.2) is 47.6 Å². The van der Waals surface area contributed by atoms with Gasteiger partial charge in [-0.15, -0.1) is 0 Å². The third-order valence-corrected chi connectivity index (χ3v) is 4.05. The Morgan fingerprint density at radius 1 is 1.55 bits per heavy atom. The van der Waals surface area contributed by atoms with Crippen molar-refractivity contribution in [2.75, 3.05) is 25.6 Å². The molecule has 110 valence electrons. The second-order valence-corrected chi connectivity index (χ2v) is 5.51. The Bertz CT molecular complexity index is 505. The highest BCUT2D eigenvalue weighted by Crippen LogP contribution is 2.32.